The number of halogens is 2. The fraction of sp³-hybridized carbons (Fsp3) is 0.455. The van der Waals surface area contributed by atoms with Crippen molar-refractivity contribution in [1.29, 1.82) is 0 Å². The van der Waals surface area contributed by atoms with Gasteiger partial charge in [-0.05, 0) is 48.5 Å². The largest absolute Gasteiger partial charge is 0.493 e. The molecule has 0 bridgehead atoms. The number of ether oxygens (including phenoxy) is 2. The number of aliphatic hydroxyl groups excluding tert-OH is 1. The van der Waals surface area contributed by atoms with E-state index in [2.05, 4.69) is 24.1 Å². The molecule has 2 aromatic rings. The second kappa shape index (κ2) is 11.7. The van der Waals surface area contributed by atoms with Crippen LogP contribution in [0.25, 0.3) is 0 Å². The van der Waals surface area contributed by atoms with Gasteiger partial charge in [0, 0.05) is 19.6 Å². The lowest BCUT2D eigenvalue weighted by Gasteiger charge is -2.22. The molecule has 5 nitrogen and oxygen atoms in total. The van der Waals surface area contributed by atoms with Crippen molar-refractivity contribution in [3.63, 3.8) is 0 Å². The summed E-state index contributed by atoms with van der Waals surface area (Å²) in [5, 5.41) is 13.4. The molecule has 0 aliphatic heterocycles. The van der Waals surface area contributed by atoms with Gasteiger partial charge in [0.25, 0.3) is 0 Å². The number of rotatable bonds is 12. The van der Waals surface area contributed by atoms with Crippen LogP contribution in [0.1, 0.15) is 25.0 Å². The first-order valence-corrected chi connectivity index (χ1v) is 9.81. The molecule has 0 saturated heterocycles. The fourth-order valence-corrected chi connectivity index (χ4v) is 2.96. The number of hydrogen-bond donors (Lipinski definition) is 2. The molecule has 160 valence electrons. The summed E-state index contributed by atoms with van der Waals surface area (Å²) in [4.78, 5) is 2.13. The van der Waals surface area contributed by atoms with E-state index in [1.807, 2.05) is 12.1 Å². The minimum absolute atomic E-state index is 0.165. The number of nitrogens with zero attached hydrogens (tertiary/aromatic N) is 1. The van der Waals surface area contributed by atoms with Crippen molar-refractivity contribution in [1.82, 2.24) is 10.2 Å². The molecular formula is C22H30F2N2O3. The standard InChI is InChI=1S/C22H30F2N2O3/c1-4-26(5-2)14-18(27)15-29-22-11-17(7-9-21(22)28-3)13-25-12-16-6-8-19(23)20(24)10-16/h6-11,18,25,27H,4-5,12-15H2,1-3H3. The molecule has 2 rings (SSSR count). The molecule has 0 amide bonds. The first kappa shape index (κ1) is 23.1. The summed E-state index contributed by atoms with van der Waals surface area (Å²) in [5.74, 6) is -0.566. The van der Waals surface area contributed by atoms with Crippen molar-refractivity contribution in [2.75, 3.05) is 33.4 Å². The van der Waals surface area contributed by atoms with Crippen LogP contribution in [0, 0.1) is 11.6 Å². The molecule has 2 aromatic carbocycles. The molecule has 0 aliphatic carbocycles. The number of likely N-dealkylation sites (N-methyl/N-ethyl adjacent to an activating group) is 1. The van der Waals surface area contributed by atoms with Gasteiger partial charge in [-0.1, -0.05) is 26.0 Å². The second-order valence-corrected chi connectivity index (χ2v) is 6.79. The van der Waals surface area contributed by atoms with Gasteiger partial charge in [0.15, 0.2) is 23.1 Å². The highest BCUT2D eigenvalue weighted by Crippen LogP contribution is 2.28. The SMILES string of the molecule is CCN(CC)CC(O)COc1cc(CNCc2ccc(F)c(F)c2)ccc1OC. The van der Waals surface area contributed by atoms with E-state index in [1.54, 1.807) is 19.2 Å². The normalized spacial score (nSPS) is 12.2. The van der Waals surface area contributed by atoms with Gasteiger partial charge in [0.05, 0.1) is 7.11 Å². The van der Waals surface area contributed by atoms with Crippen molar-refractivity contribution in [2.24, 2.45) is 0 Å². The topological polar surface area (TPSA) is 54.0 Å². The molecule has 7 heteroatoms. The maximum Gasteiger partial charge on any atom is 0.161 e. The minimum Gasteiger partial charge on any atom is -0.493 e. The van der Waals surface area contributed by atoms with Crippen LogP contribution in [0.5, 0.6) is 11.5 Å². The van der Waals surface area contributed by atoms with Crippen molar-refractivity contribution in [3.8, 4) is 11.5 Å². The minimum atomic E-state index is -0.854. The Bertz CT molecular complexity index is 770. The van der Waals surface area contributed by atoms with Crippen LogP contribution in [0.2, 0.25) is 0 Å². The van der Waals surface area contributed by atoms with Gasteiger partial charge in [0.2, 0.25) is 0 Å². The Morgan fingerprint density at radius 2 is 1.62 bits per heavy atom. The third-order valence-electron chi connectivity index (χ3n) is 4.66. The van der Waals surface area contributed by atoms with Crippen molar-refractivity contribution in [3.05, 3.63) is 59.2 Å². The summed E-state index contributed by atoms with van der Waals surface area (Å²) in [6.07, 6.45) is -0.602. The molecule has 0 aliphatic rings. The molecule has 2 N–H and O–H groups in total. The van der Waals surface area contributed by atoms with E-state index >= 15 is 0 Å². The Morgan fingerprint density at radius 3 is 2.24 bits per heavy atom. The molecule has 1 atom stereocenters. The van der Waals surface area contributed by atoms with Crippen LogP contribution in [-0.2, 0) is 13.1 Å². The summed E-state index contributed by atoms with van der Waals surface area (Å²) >= 11 is 0. The van der Waals surface area contributed by atoms with Crippen LogP contribution >= 0.6 is 0 Å². The predicted octanol–water partition coefficient (Wildman–Crippen LogP) is 3.34. The zero-order valence-electron chi connectivity index (χ0n) is 17.3. The first-order valence-electron chi connectivity index (χ1n) is 9.81. The van der Waals surface area contributed by atoms with Crippen LogP contribution in [0.3, 0.4) is 0 Å². The first-order chi connectivity index (χ1) is 14.0. The molecule has 0 spiro atoms. The van der Waals surface area contributed by atoms with Gasteiger partial charge >= 0.3 is 0 Å². The average Bonchev–Trinajstić information content (AvgIpc) is 2.73. The smallest absolute Gasteiger partial charge is 0.161 e. The molecule has 0 fully saturated rings. The van der Waals surface area contributed by atoms with Gasteiger partial charge in [0.1, 0.15) is 12.7 Å². The summed E-state index contributed by atoms with van der Waals surface area (Å²) in [6.45, 7) is 7.48. The fourth-order valence-electron chi connectivity index (χ4n) is 2.96. The quantitative estimate of drug-likeness (QED) is 0.564. The van der Waals surface area contributed by atoms with Gasteiger partial charge < -0.3 is 24.8 Å². The molecule has 0 saturated carbocycles. The maximum absolute atomic E-state index is 13.3. The second-order valence-electron chi connectivity index (χ2n) is 6.79. The lowest BCUT2D eigenvalue weighted by Crippen LogP contribution is -2.35. The summed E-state index contributed by atoms with van der Waals surface area (Å²) < 4.78 is 37.4. The molecular weight excluding hydrogens is 378 g/mol. The highest BCUT2D eigenvalue weighted by molar-refractivity contribution is 5.43. The van der Waals surface area contributed by atoms with Crippen molar-refractivity contribution in [2.45, 2.75) is 33.0 Å². The van der Waals surface area contributed by atoms with Crippen molar-refractivity contribution < 1.29 is 23.4 Å². The zero-order chi connectivity index (χ0) is 21.2. The molecule has 0 heterocycles. The van der Waals surface area contributed by atoms with Crippen LogP contribution in [-0.4, -0.2) is 49.5 Å². The number of aliphatic hydroxyl groups is 1. The van der Waals surface area contributed by atoms with E-state index < -0.39 is 17.7 Å². The van der Waals surface area contributed by atoms with Gasteiger partial charge in [-0.15, -0.1) is 0 Å². The average molecular weight is 408 g/mol. The third kappa shape index (κ3) is 7.27. The van der Waals surface area contributed by atoms with Gasteiger partial charge in [-0.3, -0.25) is 0 Å². The Labute approximate surface area is 171 Å². The van der Waals surface area contributed by atoms with Crippen LogP contribution < -0.4 is 14.8 Å². The number of methoxy groups -OCH3 is 1. The van der Waals surface area contributed by atoms with E-state index in [4.69, 9.17) is 9.47 Å². The zero-order valence-corrected chi connectivity index (χ0v) is 17.3. The highest BCUT2D eigenvalue weighted by atomic mass is 19.2. The Hall–Kier alpha value is -2.22. The number of hydrogen-bond acceptors (Lipinski definition) is 5. The van der Waals surface area contributed by atoms with Crippen LogP contribution in [0.4, 0.5) is 8.78 Å². The molecule has 29 heavy (non-hydrogen) atoms. The highest BCUT2D eigenvalue weighted by Gasteiger charge is 2.12. The summed E-state index contributed by atoms with van der Waals surface area (Å²) in [5.41, 5.74) is 1.61. The van der Waals surface area contributed by atoms with Crippen molar-refractivity contribution >= 4 is 0 Å². The van der Waals surface area contributed by atoms with E-state index in [-0.39, 0.29) is 6.61 Å². The summed E-state index contributed by atoms with van der Waals surface area (Å²) in [6, 6.07) is 9.40. The Kier molecular flexibility index (Phi) is 9.31. The molecule has 0 radical (unpaired) electrons. The number of benzene rings is 2. The third-order valence-corrected chi connectivity index (χ3v) is 4.66. The molecule has 0 aromatic heterocycles. The summed E-state index contributed by atoms with van der Waals surface area (Å²) in [7, 11) is 1.57. The van der Waals surface area contributed by atoms with E-state index in [0.29, 0.717) is 36.7 Å². The van der Waals surface area contributed by atoms with E-state index in [1.165, 1.54) is 6.07 Å². The Morgan fingerprint density at radius 1 is 0.966 bits per heavy atom. The Balaban J connectivity index is 1.92. The maximum atomic E-state index is 13.3. The van der Waals surface area contributed by atoms with E-state index in [0.717, 1.165) is 24.7 Å². The monoisotopic (exact) mass is 408 g/mol. The molecule has 1 unspecified atom stereocenters. The predicted molar refractivity (Wildman–Crippen MR) is 109 cm³/mol. The van der Waals surface area contributed by atoms with Crippen LogP contribution in [0.15, 0.2) is 36.4 Å². The number of nitrogens with one attached hydrogen (secondary N) is 1. The van der Waals surface area contributed by atoms with Gasteiger partial charge in [-0.25, -0.2) is 8.78 Å². The lowest BCUT2D eigenvalue weighted by molar-refractivity contribution is 0.0705. The van der Waals surface area contributed by atoms with E-state index in [9.17, 15) is 13.9 Å². The lowest BCUT2D eigenvalue weighted by atomic mass is 10.1. The van der Waals surface area contributed by atoms with Gasteiger partial charge in [-0.2, -0.15) is 0 Å².